The van der Waals surface area contributed by atoms with E-state index in [-0.39, 0.29) is 5.91 Å². The molecule has 1 amide bonds. The summed E-state index contributed by atoms with van der Waals surface area (Å²) in [7, 11) is 0. The molecule has 2 aromatic rings. The molecule has 1 fully saturated rings. The Kier molecular flexibility index (Phi) is 5.56. The number of hydrogen-bond donors (Lipinski definition) is 1. The number of rotatable bonds is 3. The van der Waals surface area contributed by atoms with Crippen molar-refractivity contribution < 1.29 is 9.90 Å². The zero-order valence-electron chi connectivity index (χ0n) is 14.2. The number of pyridine rings is 1. The van der Waals surface area contributed by atoms with Gasteiger partial charge in [-0.2, -0.15) is 0 Å². The molecule has 5 nitrogen and oxygen atoms in total. The molecule has 0 radical (unpaired) electrons. The fourth-order valence-electron chi connectivity index (χ4n) is 3.16. The molecule has 0 spiro atoms. The minimum Gasteiger partial charge on any atom is -0.378 e. The van der Waals surface area contributed by atoms with Crippen LogP contribution in [0.2, 0.25) is 5.02 Å². The van der Waals surface area contributed by atoms with Crippen LogP contribution < -0.4 is 4.90 Å². The van der Waals surface area contributed by atoms with Gasteiger partial charge in [-0.25, -0.2) is 0 Å². The number of carbonyl (C=O) groups excluding carboxylic acids is 1. The average Bonchev–Trinajstić information content (AvgIpc) is 2.87. The monoisotopic (exact) mass is 359 g/mol. The van der Waals surface area contributed by atoms with Crippen molar-refractivity contribution in [3.8, 4) is 0 Å². The van der Waals surface area contributed by atoms with E-state index in [4.69, 9.17) is 11.6 Å². The smallest absolute Gasteiger partial charge is 0.256 e. The molecule has 6 heteroatoms. The van der Waals surface area contributed by atoms with Crippen LogP contribution in [0.15, 0.2) is 42.7 Å². The van der Waals surface area contributed by atoms with Crippen molar-refractivity contribution in [1.29, 1.82) is 0 Å². The van der Waals surface area contributed by atoms with Crippen molar-refractivity contribution in [2.75, 3.05) is 31.1 Å². The summed E-state index contributed by atoms with van der Waals surface area (Å²) >= 11 is 5.87. The molecule has 25 heavy (non-hydrogen) atoms. The lowest BCUT2D eigenvalue weighted by molar-refractivity contribution is -0.140. The first-order valence-corrected chi connectivity index (χ1v) is 8.82. The van der Waals surface area contributed by atoms with E-state index in [0.717, 1.165) is 30.8 Å². The summed E-state index contributed by atoms with van der Waals surface area (Å²) in [4.78, 5) is 20.8. The predicted octanol–water partition coefficient (Wildman–Crippen LogP) is 2.82. The van der Waals surface area contributed by atoms with Gasteiger partial charge in [-0.15, -0.1) is 0 Å². The molecular weight excluding hydrogens is 338 g/mol. The molecule has 1 atom stereocenters. The molecule has 1 aliphatic heterocycles. The Morgan fingerprint density at radius 3 is 2.64 bits per heavy atom. The first-order valence-electron chi connectivity index (χ1n) is 8.44. The largest absolute Gasteiger partial charge is 0.378 e. The Hall–Kier alpha value is -2.11. The first kappa shape index (κ1) is 17.7. The van der Waals surface area contributed by atoms with Gasteiger partial charge in [0.2, 0.25) is 0 Å². The molecule has 1 N–H and O–H groups in total. The summed E-state index contributed by atoms with van der Waals surface area (Å²) in [6, 6.07) is 8.76. The van der Waals surface area contributed by atoms with E-state index < -0.39 is 6.10 Å². The Morgan fingerprint density at radius 1 is 1.16 bits per heavy atom. The van der Waals surface area contributed by atoms with Crippen molar-refractivity contribution in [1.82, 2.24) is 9.88 Å². The summed E-state index contributed by atoms with van der Waals surface area (Å²) in [6.07, 6.45) is 3.36. The van der Waals surface area contributed by atoms with Crippen LogP contribution in [0.3, 0.4) is 0 Å². The minimum absolute atomic E-state index is 0.254. The third-order valence-corrected chi connectivity index (χ3v) is 4.81. The fraction of sp³-hybridized carbons (Fsp3) is 0.368. The van der Waals surface area contributed by atoms with Gasteiger partial charge in [-0.3, -0.25) is 9.78 Å². The summed E-state index contributed by atoms with van der Waals surface area (Å²) in [5, 5.41) is 11.0. The van der Waals surface area contributed by atoms with Gasteiger partial charge in [0.05, 0.1) is 0 Å². The van der Waals surface area contributed by atoms with Gasteiger partial charge in [0, 0.05) is 49.3 Å². The number of amides is 1. The van der Waals surface area contributed by atoms with Crippen molar-refractivity contribution in [2.45, 2.75) is 19.4 Å². The quantitative estimate of drug-likeness (QED) is 0.915. The molecular formula is C19H22ClN3O2. The Labute approximate surface area is 152 Å². The van der Waals surface area contributed by atoms with Gasteiger partial charge in [-0.1, -0.05) is 23.7 Å². The van der Waals surface area contributed by atoms with Gasteiger partial charge in [-0.05, 0) is 42.7 Å². The van der Waals surface area contributed by atoms with Crippen LogP contribution in [0.5, 0.6) is 0 Å². The molecule has 1 aliphatic rings. The van der Waals surface area contributed by atoms with Crippen LogP contribution in [0.1, 0.15) is 23.7 Å². The van der Waals surface area contributed by atoms with Crippen LogP contribution in [0.4, 0.5) is 5.69 Å². The predicted molar refractivity (Wildman–Crippen MR) is 98.8 cm³/mol. The minimum atomic E-state index is -1.15. The highest BCUT2D eigenvalue weighted by atomic mass is 35.5. The Balaban J connectivity index is 1.67. The van der Waals surface area contributed by atoms with E-state index >= 15 is 0 Å². The molecule has 0 bridgehead atoms. The van der Waals surface area contributed by atoms with Gasteiger partial charge >= 0.3 is 0 Å². The second-order valence-electron chi connectivity index (χ2n) is 6.28. The maximum atomic E-state index is 12.7. The van der Waals surface area contributed by atoms with Gasteiger partial charge in [0.25, 0.3) is 5.91 Å². The zero-order valence-corrected chi connectivity index (χ0v) is 15.0. The second kappa shape index (κ2) is 7.85. The van der Waals surface area contributed by atoms with E-state index in [9.17, 15) is 9.90 Å². The summed E-state index contributed by atoms with van der Waals surface area (Å²) in [5.74, 6) is -0.254. The molecule has 2 heterocycles. The first-order chi connectivity index (χ1) is 12.1. The highest BCUT2D eigenvalue weighted by Gasteiger charge is 2.26. The van der Waals surface area contributed by atoms with Gasteiger partial charge in [0.1, 0.15) is 0 Å². The highest BCUT2D eigenvalue weighted by Crippen LogP contribution is 2.22. The maximum absolute atomic E-state index is 12.7. The normalized spacial score (nSPS) is 16.4. The van der Waals surface area contributed by atoms with Crippen LogP contribution in [0, 0.1) is 6.92 Å². The molecule has 0 unspecified atom stereocenters. The van der Waals surface area contributed by atoms with Crippen LogP contribution in [-0.4, -0.2) is 47.1 Å². The zero-order chi connectivity index (χ0) is 17.8. The number of nitrogens with zero attached hydrogens (tertiary/aromatic N) is 3. The number of hydrogen-bond acceptors (Lipinski definition) is 4. The van der Waals surface area contributed by atoms with Gasteiger partial charge < -0.3 is 14.9 Å². The third kappa shape index (κ3) is 4.11. The van der Waals surface area contributed by atoms with Crippen molar-refractivity contribution >= 4 is 23.2 Å². The van der Waals surface area contributed by atoms with Crippen LogP contribution in [0.25, 0.3) is 0 Å². The van der Waals surface area contributed by atoms with E-state index in [1.54, 1.807) is 35.4 Å². The van der Waals surface area contributed by atoms with E-state index in [0.29, 0.717) is 23.7 Å². The number of aromatic nitrogens is 1. The lowest BCUT2D eigenvalue weighted by Crippen LogP contribution is -2.38. The Bertz CT molecular complexity index is 736. The number of aryl methyl sites for hydroxylation is 1. The SMILES string of the molecule is Cc1cnccc1N1CCCN(C(=O)[C@H](O)c2ccc(Cl)cc2)CC1. The summed E-state index contributed by atoms with van der Waals surface area (Å²) in [6.45, 7) is 4.89. The van der Waals surface area contributed by atoms with Crippen molar-refractivity contribution in [2.24, 2.45) is 0 Å². The molecule has 3 rings (SSSR count). The number of benzene rings is 1. The molecule has 1 saturated heterocycles. The molecule has 0 saturated carbocycles. The summed E-state index contributed by atoms with van der Waals surface area (Å²) in [5.41, 5.74) is 2.85. The molecule has 132 valence electrons. The topological polar surface area (TPSA) is 56.7 Å². The lowest BCUT2D eigenvalue weighted by Gasteiger charge is -2.26. The highest BCUT2D eigenvalue weighted by molar-refractivity contribution is 6.30. The van der Waals surface area contributed by atoms with Crippen LogP contribution >= 0.6 is 11.6 Å². The fourth-order valence-corrected chi connectivity index (χ4v) is 3.29. The van der Waals surface area contributed by atoms with E-state index in [1.165, 1.54) is 0 Å². The van der Waals surface area contributed by atoms with Crippen LogP contribution in [-0.2, 0) is 4.79 Å². The lowest BCUT2D eigenvalue weighted by atomic mass is 10.1. The number of carbonyl (C=O) groups is 1. The number of anilines is 1. The average molecular weight is 360 g/mol. The molecule has 0 aliphatic carbocycles. The third-order valence-electron chi connectivity index (χ3n) is 4.56. The van der Waals surface area contributed by atoms with Gasteiger partial charge in [0.15, 0.2) is 6.10 Å². The Morgan fingerprint density at radius 2 is 1.92 bits per heavy atom. The van der Waals surface area contributed by atoms with E-state index in [1.807, 2.05) is 19.2 Å². The van der Waals surface area contributed by atoms with Crippen molar-refractivity contribution in [3.05, 3.63) is 58.9 Å². The number of aliphatic hydroxyl groups excluding tert-OH is 1. The molecule has 1 aromatic carbocycles. The number of halogens is 1. The van der Waals surface area contributed by atoms with Crippen molar-refractivity contribution in [3.63, 3.8) is 0 Å². The second-order valence-corrected chi connectivity index (χ2v) is 6.72. The van der Waals surface area contributed by atoms with E-state index in [2.05, 4.69) is 9.88 Å². The standard InChI is InChI=1S/C19H22ClN3O2/c1-14-13-21-8-7-17(14)22-9-2-10-23(12-11-22)19(25)18(24)15-3-5-16(20)6-4-15/h3-8,13,18,24H,2,9-12H2,1H3/t18-/m1/s1. The summed E-state index contributed by atoms with van der Waals surface area (Å²) < 4.78 is 0. The maximum Gasteiger partial charge on any atom is 0.256 e. The number of aliphatic hydroxyl groups is 1. The molecule has 1 aromatic heterocycles.